The van der Waals surface area contributed by atoms with Gasteiger partial charge < -0.3 is 4.90 Å². The second kappa shape index (κ2) is 9.18. The highest BCUT2D eigenvalue weighted by molar-refractivity contribution is 5.83. The lowest BCUT2D eigenvalue weighted by atomic mass is 9.96. The van der Waals surface area contributed by atoms with Crippen LogP contribution in [0.1, 0.15) is 24.8 Å². The Morgan fingerprint density at radius 2 is 1.53 bits per heavy atom. The number of piperidine rings is 1. The minimum absolute atomic E-state index is 0.0958. The van der Waals surface area contributed by atoms with Crippen molar-refractivity contribution in [3.8, 4) is 22.4 Å². The van der Waals surface area contributed by atoms with E-state index in [2.05, 4.69) is 52.8 Å². The van der Waals surface area contributed by atoms with Crippen LogP contribution in [-0.4, -0.2) is 38.5 Å². The van der Waals surface area contributed by atoms with E-state index in [-0.39, 0.29) is 12.1 Å². The number of benzene rings is 3. The minimum Gasteiger partial charge on any atom is -0.320 e. The standard InChI is InChI=1S/C27H26N4O/c32-27(30-18-10-9-15-23(30)19-21-11-3-1-4-12-21)31-20-26(28-29-31)25-17-8-7-16-24(25)22-13-5-2-6-14-22/h1-8,11-14,16-17,20,23H,9-10,15,18-19H2. The van der Waals surface area contributed by atoms with Gasteiger partial charge in [0.2, 0.25) is 0 Å². The van der Waals surface area contributed by atoms with E-state index in [9.17, 15) is 4.79 Å². The summed E-state index contributed by atoms with van der Waals surface area (Å²) >= 11 is 0. The molecule has 1 aliphatic rings. The van der Waals surface area contributed by atoms with Gasteiger partial charge in [0.15, 0.2) is 0 Å². The van der Waals surface area contributed by atoms with Crippen LogP contribution in [0.2, 0.25) is 0 Å². The third-order valence-electron chi connectivity index (χ3n) is 6.16. The van der Waals surface area contributed by atoms with Crippen LogP contribution in [-0.2, 0) is 6.42 Å². The number of likely N-dealkylation sites (tertiary alicyclic amines) is 1. The van der Waals surface area contributed by atoms with Crippen molar-refractivity contribution in [3.63, 3.8) is 0 Å². The first kappa shape index (κ1) is 20.2. The van der Waals surface area contributed by atoms with Crippen molar-refractivity contribution >= 4 is 6.03 Å². The number of rotatable bonds is 4. The maximum absolute atomic E-state index is 13.4. The maximum Gasteiger partial charge on any atom is 0.346 e. The molecule has 1 aromatic heterocycles. The summed E-state index contributed by atoms with van der Waals surface area (Å²) in [5, 5.41) is 8.58. The highest BCUT2D eigenvalue weighted by Gasteiger charge is 2.28. The summed E-state index contributed by atoms with van der Waals surface area (Å²) in [5.41, 5.74) is 5.12. The summed E-state index contributed by atoms with van der Waals surface area (Å²) < 4.78 is 1.40. The van der Waals surface area contributed by atoms with Crippen LogP contribution >= 0.6 is 0 Å². The molecule has 0 radical (unpaired) electrons. The van der Waals surface area contributed by atoms with E-state index >= 15 is 0 Å². The van der Waals surface area contributed by atoms with Crippen molar-refractivity contribution in [3.05, 3.63) is 96.7 Å². The van der Waals surface area contributed by atoms with Crippen LogP contribution in [0.5, 0.6) is 0 Å². The van der Waals surface area contributed by atoms with Crippen molar-refractivity contribution in [1.82, 2.24) is 19.9 Å². The van der Waals surface area contributed by atoms with E-state index in [0.29, 0.717) is 5.69 Å². The minimum atomic E-state index is -0.0958. The molecule has 1 atom stereocenters. The van der Waals surface area contributed by atoms with Crippen LogP contribution in [0.4, 0.5) is 4.79 Å². The lowest BCUT2D eigenvalue weighted by molar-refractivity contribution is 0.149. The van der Waals surface area contributed by atoms with Gasteiger partial charge in [-0.2, -0.15) is 4.68 Å². The molecule has 1 unspecified atom stereocenters. The van der Waals surface area contributed by atoms with Gasteiger partial charge in [0.05, 0.1) is 6.20 Å². The Kier molecular flexibility index (Phi) is 5.79. The predicted molar refractivity (Wildman–Crippen MR) is 126 cm³/mol. The second-order valence-corrected chi connectivity index (χ2v) is 8.28. The molecule has 160 valence electrons. The maximum atomic E-state index is 13.4. The van der Waals surface area contributed by atoms with Gasteiger partial charge in [-0.3, -0.25) is 0 Å². The van der Waals surface area contributed by atoms with E-state index < -0.39 is 0 Å². The monoisotopic (exact) mass is 422 g/mol. The summed E-state index contributed by atoms with van der Waals surface area (Å²) in [6.07, 6.45) is 5.81. The molecule has 2 heterocycles. The fourth-order valence-corrected chi connectivity index (χ4v) is 4.54. The summed E-state index contributed by atoms with van der Waals surface area (Å²) in [5.74, 6) is 0. The highest BCUT2D eigenvalue weighted by atomic mass is 16.2. The number of amides is 1. The molecular formula is C27H26N4O. The first-order chi connectivity index (χ1) is 15.8. The zero-order valence-corrected chi connectivity index (χ0v) is 18.0. The molecule has 1 amide bonds. The Labute approximate surface area is 188 Å². The number of carbonyl (C=O) groups excluding carboxylic acids is 1. The van der Waals surface area contributed by atoms with Gasteiger partial charge in [-0.1, -0.05) is 90.1 Å². The second-order valence-electron chi connectivity index (χ2n) is 8.28. The molecule has 0 N–H and O–H groups in total. The van der Waals surface area contributed by atoms with Crippen LogP contribution in [0.15, 0.2) is 91.1 Å². The van der Waals surface area contributed by atoms with Crippen LogP contribution < -0.4 is 0 Å². The van der Waals surface area contributed by atoms with Crippen molar-refractivity contribution in [2.45, 2.75) is 31.7 Å². The van der Waals surface area contributed by atoms with Crippen molar-refractivity contribution in [2.24, 2.45) is 0 Å². The predicted octanol–water partition coefficient (Wildman–Crippen LogP) is 5.68. The molecule has 32 heavy (non-hydrogen) atoms. The van der Waals surface area contributed by atoms with Gasteiger partial charge >= 0.3 is 6.03 Å². The number of hydrogen-bond donors (Lipinski definition) is 0. The first-order valence-corrected chi connectivity index (χ1v) is 11.2. The molecule has 1 saturated heterocycles. The number of hydrogen-bond acceptors (Lipinski definition) is 3. The summed E-state index contributed by atoms with van der Waals surface area (Å²) in [7, 11) is 0. The molecule has 5 nitrogen and oxygen atoms in total. The van der Waals surface area contributed by atoms with Crippen molar-refractivity contribution < 1.29 is 4.79 Å². The zero-order valence-electron chi connectivity index (χ0n) is 18.0. The Hall–Kier alpha value is -3.73. The fourth-order valence-electron chi connectivity index (χ4n) is 4.54. The summed E-state index contributed by atoms with van der Waals surface area (Å²) in [4.78, 5) is 15.4. The average molecular weight is 423 g/mol. The average Bonchev–Trinajstić information content (AvgIpc) is 3.35. The van der Waals surface area contributed by atoms with Gasteiger partial charge in [0, 0.05) is 18.2 Å². The molecule has 0 bridgehead atoms. The molecule has 0 aliphatic carbocycles. The van der Waals surface area contributed by atoms with Crippen LogP contribution in [0, 0.1) is 0 Å². The number of nitrogens with zero attached hydrogens (tertiary/aromatic N) is 4. The number of carbonyl (C=O) groups is 1. The van der Waals surface area contributed by atoms with Gasteiger partial charge in [0.1, 0.15) is 5.69 Å². The summed E-state index contributed by atoms with van der Waals surface area (Å²) in [6, 6.07) is 28.8. The van der Waals surface area contributed by atoms with Crippen LogP contribution in [0.3, 0.4) is 0 Å². The van der Waals surface area contributed by atoms with E-state index in [1.165, 1.54) is 10.2 Å². The zero-order chi connectivity index (χ0) is 21.8. The van der Waals surface area contributed by atoms with E-state index in [1.807, 2.05) is 47.4 Å². The van der Waals surface area contributed by atoms with Gasteiger partial charge in [-0.05, 0) is 42.4 Å². The molecule has 5 rings (SSSR count). The van der Waals surface area contributed by atoms with Crippen molar-refractivity contribution in [1.29, 1.82) is 0 Å². The summed E-state index contributed by atoms with van der Waals surface area (Å²) in [6.45, 7) is 0.756. The lowest BCUT2D eigenvalue weighted by Crippen LogP contribution is -2.46. The Morgan fingerprint density at radius 3 is 2.31 bits per heavy atom. The van der Waals surface area contributed by atoms with Gasteiger partial charge in [-0.15, -0.1) is 5.10 Å². The molecule has 0 saturated carbocycles. The Balaban J connectivity index is 1.40. The van der Waals surface area contributed by atoms with E-state index in [0.717, 1.165) is 48.9 Å². The third kappa shape index (κ3) is 4.19. The van der Waals surface area contributed by atoms with Gasteiger partial charge in [0.25, 0.3) is 0 Å². The van der Waals surface area contributed by atoms with E-state index in [1.54, 1.807) is 6.20 Å². The molecule has 3 aromatic carbocycles. The highest BCUT2D eigenvalue weighted by Crippen LogP contribution is 2.30. The number of aromatic nitrogens is 3. The lowest BCUT2D eigenvalue weighted by Gasteiger charge is -2.35. The molecule has 0 spiro atoms. The molecule has 1 fully saturated rings. The fraction of sp³-hybridized carbons (Fsp3) is 0.222. The quantitative estimate of drug-likeness (QED) is 0.425. The molecule has 4 aromatic rings. The van der Waals surface area contributed by atoms with Crippen molar-refractivity contribution in [2.75, 3.05) is 6.54 Å². The topological polar surface area (TPSA) is 51.0 Å². The van der Waals surface area contributed by atoms with E-state index in [4.69, 9.17) is 0 Å². The Bertz CT molecular complexity index is 1190. The van der Waals surface area contributed by atoms with Crippen LogP contribution in [0.25, 0.3) is 22.4 Å². The molecule has 1 aliphatic heterocycles. The SMILES string of the molecule is O=C(N1CCCCC1Cc1ccccc1)n1cc(-c2ccccc2-c2ccccc2)nn1. The first-order valence-electron chi connectivity index (χ1n) is 11.2. The smallest absolute Gasteiger partial charge is 0.320 e. The molecule has 5 heteroatoms. The largest absolute Gasteiger partial charge is 0.346 e. The normalized spacial score (nSPS) is 16.1. The van der Waals surface area contributed by atoms with Gasteiger partial charge in [-0.25, -0.2) is 4.79 Å². The third-order valence-corrected chi connectivity index (χ3v) is 6.16. The molecular weight excluding hydrogens is 396 g/mol. The Morgan fingerprint density at radius 1 is 0.844 bits per heavy atom.